The summed E-state index contributed by atoms with van der Waals surface area (Å²) in [4.78, 5) is 23.0. The SMILES string of the molecule is CC(=O)SC1CCN(C(N)=O)C1. The van der Waals surface area contributed by atoms with Crippen LogP contribution < -0.4 is 5.73 Å². The number of likely N-dealkylation sites (tertiary alicyclic amines) is 1. The van der Waals surface area contributed by atoms with E-state index in [1.165, 1.54) is 18.7 Å². The second-order valence-electron chi connectivity index (χ2n) is 2.80. The van der Waals surface area contributed by atoms with Crippen LogP contribution in [0, 0.1) is 0 Å². The van der Waals surface area contributed by atoms with Gasteiger partial charge in [-0.2, -0.15) is 0 Å². The van der Waals surface area contributed by atoms with Gasteiger partial charge in [-0.1, -0.05) is 11.8 Å². The highest BCUT2D eigenvalue weighted by Crippen LogP contribution is 2.22. The summed E-state index contributed by atoms with van der Waals surface area (Å²) in [6.45, 7) is 2.83. The van der Waals surface area contributed by atoms with Gasteiger partial charge < -0.3 is 10.6 Å². The van der Waals surface area contributed by atoms with Gasteiger partial charge in [0.15, 0.2) is 5.12 Å². The monoisotopic (exact) mass is 188 g/mol. The summed E-state index contributed by atoms with van der Waals surface area (Å²) >= 11 is 1.29. The van der Waals surface area contributed by atoms with Crippen molar-refractivity contribution in [1.82, 2.24) is 4.90 Å². The fourth-order valence-electron chi connectivity index (χ4n) is 1.26. The molecule has 0 aromatic carbocycles. The van der Waals surface area contributed by atoms with Crippen LogP contribution in [-0.2, 0) is 4.79 Å². The van der Waals surface area contributed by atoms with Gasteiger partial charge in [-0.05, 0) is 6.42 Å². The lowest BCUT2D eigenvalue weighted by Crippen LogP contribution is -2.33. The highest BCUT2D eigenvalue weighted by atomic mass is 32.2. The number of carbonyl (C=O) groups excluding carboxylic acids is 2. The average molecular weight is 188 g/mol. The van der Waals surface area contributed by atoms with E-state index in [-0.39, 0.29) is 16.4 Å². The van der Waals surface area contributed by atoms with Crippen LogP contribution in [0.25, 0.3) is 0 Å². The molecule has 0 saturated carbocycles. The summed E-state index contributed by atoms with van der Waals surface area (Å²) in [5.41, 5.74) is 5.08. The number of nitrogens with two attached hydrogens (primary N) is 1. The largest absolute Gasteiger partial charge is 0.351 e. The highest BCUT2D eigenvalue weighted by Gasteiger charge is 2.25. The zero-order valence-corrected chi connectivity index (χ0v) is 7.76. The number of primary amides is 1. The Kier molecular flexibility index (Phi) is 2.97. The molecule has 2 amide bonds. The van der Waals surface area contributed by atoms with E-state index in [1.807, 2.05) is 0 Å². The van der Waals surface area contributed by atoms with Crippen molar-refractivity contribution in [2.24, 2.45) is 5.73 Å². The molecular weight excluding hydrogens is 176 g/mol. The van der Waals surface area contributed by atoms with Crippen LogP contribution in [0.4, 0.5) is 4.79 Å². The number of carbonyl (C=O) groups is 2. The Morgan fingerprint density at radius 1 is 1.58 bits per heavy atom. The van der Waals surface area contributed by atoms with Gasteiger partial charge in [0.1, 0.15) is 0 Å². The Morgan fingerprint density at radius 3 is 2.67 bits per heavy atom. The third kappa shape index (κ3) is 2.41. The van der Waals surface area contributed by atoms with Gasteiger partial charge >= 0.3 is 6.03 Å². The van der Waals surface area contributed by atoms with Crippen molar-refractivity contribution < 1.29 is 9.59 Å². The van der Waals surface area contributed by atoms with Crippen LogP contribution in [0.15, 0.2) is 0 Å². The van der Waals surface area contributed by atoms with E-state index < -0.39 is 0 Å². The van der Waals surface area contributed by atoms with Gasteiger partial charge in [0.25, 0.3) is 0 Å². The van der Waals surface area contributed by atoms with Gasteiger partial charge in [-0.3, -0.25) is 4.79 Å². The minimum Gasteiger partial charge on any atom is -0.351 e. The van der Waals surface area contributed by atoms with Gasteiger partial charge in [0.2, 0.25) is 0 Å². The van der Waals surface area contributed by atoms with Crippen LogP contribution in [0.5, 0.6) is 0 Å². The van der Waals surface area contributed by atoms with Crippen LogP contribution in [0.2, 0.25) is 0 Å². The first kappa shape index (κ1) is 9.38. The summed E-state index contributed by atoms with van der Waals surface area (Å²) in [7, 11) is 0. The van der Waals surface area contributed by atoms with Crippen molar-refractivity contribution in [2.45, 2.75) is 18.6 Å². The third-order valence-corrected chi connectivity index (χ3v) is 2.84. The van der Waals surface area contributed by atoms with Crippen molar-refractivity contribution in [1.29, 1.82) is 0 Å². The first-order chi connectivity index (χ1) is 5.59. The molecule has 1 aliphatic rings. The molecule has 2 N–H and O–H groups in total. The molecule has 1 rings (SSSR count). The smallest absolute Gasteiger partial charge is 0.314 e. The second-order valence-corrected chi connectivity index (χ2v) is 4.28. The molecule has 0 aliphatic carbocycles. The Bertz CT molecular complexity index is 208. The molecular formula is C7H12N2O2S. The molecule has 0 aromatic rings. The van der Waals surface area contributed by atoms with Crippen LogP contribution >= 0.6 is 11.8 Å². The molecule has 0 bridgehead atoms. The normalized spacial score (nSPS) is 22.8. The standard InChI is InChI=1S/C7H12N2O2S/c1-5(10)12-6-2-3-9(4-6)7(8)11/h6H,2-4H2,1H3,(H2,8,11). The summed E-state index contributed by atoms with van der Waals surface area (Å²) in [6, 6.07) is -0.387. The Hall–Kier alpha value is -0.710. The highest BCUT2D eigenvalue weighted by molar-refractivity contribution is 8.14. The molecule has 0 aromatic heterocycles. The number of hydrogen-bond donors (Lipinski definition) is 1. The lowest BCUT2D eigenvalue weighted by Gasteiger charge is -2.11. The quantitative estimate of drug-likeness (QED) is 0.648. The van der Waals surface area contributed by atoms with Crippen LogP contribution in [0.3, 0.4) is 0 Å². The summed E-state index contributed by atoms with van der Waals surface area (Å²) in [6.07, 6.45) is 0.868. The number of rotatable bonds is 1. The van der Waals surface area contributed by atoms with Crippen molar-refractivity contribution in [3.63, 3.8) is 0 Å². The number of thioether (sulfide) groups is 1. The maximum Gasteiger partial charge on any atom is 0.314 e. The first-order valence-corrected chi connectivity index (χ1v) is 4.69. The predicted molar refractivity (Wildman–Crippen MR) is 47.8 cm³/mol. The molecule has 12 heavy (non-hydrogen) atoms. The van der Waals surface area contributed by atoms with E-state index in [2.05, 4.69) is 0 Å². The van der Waals surface area contributed by atoms with Gasteiger partial charge in [-0.15, -0.1) is 0 Å². The lowest BCUT2D eigenvalue weighted by atomic mass is 10.4. The third-order valence-electron chi connectivity index (χ3n) is 1.79. The molecule has 1 atom stereocenters. The van der Waals surface area contributed by atoms with Crippen LogP contribution in [-0.4, -0.2) is 34.4 Å². The zero-order valence-electron chi connectivity index (χ0n) is 6.95. The van der Waals surface area contributed by atoms with E-state index in [0.717, 1.165) is 6.42 Å². The second kappa shape index (κ2) is 3.80. The molecule has 0 spiro atoms. The molecule has 5 heteroatoms. The minimum absolute atomic E-state index is 0.103. The fraction of sp³-hybridized carbons (Fsp3) is 0.714. The van der Waals surface area contributed by atoms with E-state index in [9.17, 15) is 9.59 Å². The first-order valence-electron chi connectivity index (χ1n) is 3.81. The fourth-order valence-corrected chi connectivity index (χ4v) is 2.21. The Morgan fingerprint density at radius 2 is 2.25 bits per heavy atom. The Labute approximate surface area is 75.5 Å². The van der Waals surface area contributed by atoms with Crippen molar-refractivity contribution in [3.05, 3.63) is 0 Å². The average Bonchev–Trinajstić information content (AvgIpc) is 2.34. The van der Waals surface area contributed by atoms with Crippen molar-refractivity contribution >= 4 is 22.9 Å². The van der Waals surface area contributed by atoms with Crippen LogP contribution in [0.1, 0.15) is 13.3 Å². The molecule has 1 saturated heterocycles. The van der Waals surface area contributed by atoms with E-state index in [1.54, 1.807) is 4.90 Å². The number of amides is 2. The summed E-state index contributed by atoms with van der Waals surface area (Å²) in [5, 5.41) is 0.348. The predicted octanol–water partition coefficient (Wildman–Crippen LogP) is 0.419. The number of hydrogen-bond acceptors (Lipinski definition) is 3. The van der Waals surface area contributed by atoms with Gasteiger partial charge in [0.05, 0.1) is 0 Å². The minimum atomic E-state index is -0.387. The maximum atomic E-state index is 10.7. The maximum absolute atomic E-state index is 10.7. The molecule has 4 nitrogen and oxygen atoms in total. The lowest BCUT2D eigenvalue weighted by molar-refractivity contribution is -0.109. The van der Waals surface area contributed by atoms with E-state index in [0.29, 0.717) is 13.1 Å². The number of nitrogens with zero attached hydrogens (tertiary/aromatic N) is 1. The van der Waals surface area contributed by atoms with Gasteiger partial charge in [0, 0.05) is 25.3 Å². The zero-order chi connectivity index (χ0) is 9.14. The molecule has 1 fully saturated rings. The topological polar surface area (TPSA) is 63.4 Å². The van der Waals surface area contributed by atoms with E-state index >= 15 is 0 Å². The molecule has 1 heterocycles. The summed E-state index contributed by atoms with van der Waals surface area (Å²) < 4.78 is 0. The molecule has 0 radical (unpaired) electrons. The van der Waals surface area contributed by atoms with E-state index in [4.69, 9.17) is 5.73 Å². The van der Waals surface area contributed by atoms with Gasteiger partial charge in [-0.25, -0.2) is 4.79 Å². The number of urea groups is 1. The summed E-state index contributed by atoms with van der Waals surface area (Å²) in [5.74, 6) is 0. The van der Waals surface area contributed by atoms with Crippen molar-refractivity contribution in [3.8, 4) is 0 Å². The molecule has 1 unspecified atom stereocenters. The van der Waals surface area contributed by atoms with Crippen molar-refractivity contribution in [2.75, 3.05) is 13.1 Å². The Balaban J connectivity index is 2.35. The molecule has 68 valence electrons. The molecule has 1 aliphatic heterocycles.